The van der Waals surface area contributed by atoms with Gasteiger partial charge in [-0.3, -0.25) is 4.79 Å². The fourth-order valence-corrected chi connectivity index (χ4v) is 2.60. The molecule has 1 nitrogen and oxygen atoms in total. The monoisotopic (exact) mass is 178 g/mol. The molecule has 2 heteroatoms. The maximum Gasteiger partial charge on any atom is 0.165 e. The van der Waals surface area contributed by atoms with Crippen LogP contribution in [-0.4, -0.2) is 11.5 Å². The zero-order valence-electron chi connectivity index (χ0n) is 6.96. The van der Waals surface area contributed by atoms with Crippen LogP contribution in [0.25, 0.3) is 0 Å². The molecular weight excluding hydrogens is 168 g/mol. The van der Waals surface area contributed by atoms with Crippen molar-refractivity contribution in [2.24, 2.45) is 0 Å². The number of thioether (sulfide) groups is 1. The summed E-state index contributed by atoms with van der Waals surface area (Å²) in [6, 6.07) is 6.05. The van der Waals surface area contributed by atoms with E-state index in [4.69, 9.17) is 0 Å². The molecule has 0 aromatic heterocycles. The molecule has 0 bridgehead atoms. The Bertz CT molecular complexity index is 331. The first kappa shape index (κ1) is 7.87. The van der Waals surface area contributed by atoms with Gasteiger partial charge in [0.05, 0.1) is 0 Å². The lowest BCUT2D eigenvalue weighted by atomic mass is 10.0. The van der Waals surface area contributed by atoms with E-state index in [0.717, 1.165) is 21.8 Å². The van der Waals surface area contributed by atoms with E-state index in [9.17, 15) is 4.79 Å². The second-order valence-electron chi connectivity index (χ2n) is 2.97. The molecule has 1 aliphatic heterocycles. The van der Waals surface area contributed by atoms with Crippen LogP contribution < -0.4 is 0 Å². The molecule has 0 aliphatic carbocycles. The summed E-state index contributed by atoms with van der Waals surface area (Å²) in [6.45, 7) is 2.00. The van der Waals surface area contributed by atoms with Gasteiger partial charge in [-0.15, -0.1) is 11.8 Å². The van der Waals surface area contributed by atoms with Gasteiger partial charge in [0.2, 0.25) is 0 Å². The molecule has 1 aromatic carbocycles. The normalized spacial score (nSPS) is 15.9. The SMILES string of the molecule is Cc1cccc2c1C(=O)CCS2. The van der Waals surface area contributed by atoms with Crippen LogP contribution in [0.1, 0.15) is 22.3 Å². The van der Waals surface area contributed by atoms with Gasteiger partial charge in [-0.2, -0.15) is 0 Å². The number of carbonyl (C=O) groups excluding carboxylic acids is 1. The van der Waals surface area contributed by atoms with E-state index in [1.54, 1.807) is 11.8 Å². The van der Waals surface area contributed by atoms with E-state index in [-0.39, 0.29) is 0 Å². The molecule has 0 fully saturated rings. The molecule has 0 unspecified atom stereocenters. The van der Waals surface area contributed by atoms with Gasteiger partial charge < -0.3 is 0 Å². The van der Waals surface area contributed by atoms with Crippen LogP contribution in [0.5, 0.6) is 0 Å². The molecule has 62 valence electrons. The van der Waals surface area contributed by atoms with Crippen LogP contribution in [0.3, 0.4) is 0 Å². The molecule has 0 spiro atoms. The van der Waals surface area contributed by atoms with Crippen molar-refractivity contribution in [3.05, 3.63) is 29.3 Å². The number of Topliss-reactive ketones (excluding diaryl/α,β-unsaturated/α-hetero) is 1. The van der Waals surface area contributed by atoms with E-state index in [1.807, 2.05) is 25.1 Å². The highest BCUT2D eigenvalue weighted by molar-refractivity contribution is 7.99. The van der Waals surface area contributed by atoms with E-state index in [0.29, 0.717) is 12.2 Å². The van der Waals surface area contributed by atoms with Gasteiger partial charge in [0, 0.05) is 22.6 Å². The molecule has 0 atom stereocenters. The first-order valence-corrected chi connectivity index (χ1v) is 5.03. The van der Waals surface area contributed by atoms with Crippen LogP contribution in [0.4, 0.5) is 0 Å². The molecule has 0 saturated carbocycles. The summed E-state index contributed by atoms with van der Waals surface area (Å²) in [7, 11) is 0. The minimum absolute atomic E-state index is 0.307. The number of hydrogen-bond acceptors (Lipinski definition) is 2. The Morgan fingerprint density at radius 1 is 1.42 bits per heavy atom. The predicted octanol–water partition coefficient (Wildman–Crippen LogP) is 2.67. The summed E-state index contributed by atoms with van der Waals surface area (Å²) in [5.74, 6) is 1.25. The Hall–Kier alpha value is -0.760. The van der Waals surface area contributed by atoms with Gasteiger partial charge in [-0.25, -0.2) is 0 Å². The molecular formula is C10H10OS. The molecule has 0 radical (unpaired) electrons. The van der Waals surface area contributed by atoms with Gasteiger partial charge >= 0.3 is 0 Å². The van der Waals surface area contributed by atoms with Crippen molar-refractivity contribution in [1.82, 2.24) is 0 Å². The molecule has 0 N–H and O–H groups in total. The van der Waals surface area contributed by atoms with Crippen LogP contribution in [0, 0.1) is 6.92 Å². The Morgan fingerprint density at radius 2 is 2.25 bits per heavy atom. The van der Waals surface area contributed by atoms with Crippen molar-refractivity contribution in [1.29, 1.82) is 0 Å². The highest BCUT2D eigenvalue weighted by Crippen LogP contribution is 2.31. The minimum atomic E-state index is 0.307. The van der Waals surface area contributed by atoms with Gasteiger partial charge in [-0.1, -0.05) is 12.1 Å². The number of hydrogen-bond donors (Lipinski definition) is 0. The maximum absolute atomic E-state index is 11.5. The predicted molar refractivity (Wildman–Crippen MR) is 50.9 cm³/mol. The molecule has 1 aromatic rings. The zero-order chi connectivity index (χ0) is 8.55. The molecule has 0 amide bonds. The van der Waals surface area contributed by atoms with Crippen LogP contribution >= 0.6 is 11.8 Å². The topological polar surface area (TPSA) is 17.1 Å². The second-order valence-corrected chi connectivity index (χ2v) is 4.11. The standard InChI is InChI=1S/C10H10OS/c1-7-3-2-4-9-10(7)8(11)5-6-12-9/h2-4H,5-6H2,1H3. The van der Waals surface area contributed by atoms with Gasteiger partial charge in [-0.05, 0) is 18.6 Å². The van der Waals surface area contributed by atoms with Crippen molar-refractivity contribution in [3.63, 3.8) is 0 Å². The van der Waals surface area contributed by atoms with Crippen molar-refractivity contribution >= 4 is 17.5 Å². The highest BCUT2D eigenvalue weighted by Gasteiger charge is 2.18. The summed E-state index contributed by atoms with van der Waals surface area (Å²) in [6.07, 6.45) is 0.697. The molecule has 2 rings (SSSR count). The fourth-order valence-electron chi connectivity index (χ4n) is 1.50. The molecule has 1 aliphatic rings. The third-order valence-corrected chi connectivity index (χ3v) is 3.16. The number of rotatable bonds is 0. The fraction of sp³-hybridized carbons (Fsp3) is 0.300. The number of benzene rings is 1. The summed E-state index contributed by atoms with van der Waals surface area (Å²) < 4.78 is 0. The van der Waals surface area contributed by atoms with E-state index in [2.05, 4.69) is 0 Å². The van der Waals surface area contributed by atoms with Crippen molar-refractivity contribution in [2.75, 3.05) is 5.75 Å². The van der Waals surface area contributed by atoms with Crippen molar-refractivity contribution < 1.29 is 4.79 Å². The quantitative estimate of drug-likeness (QED) is 0.607. The summed E-state index contributed by atoms with van der Waals surface area (Å²) >= 11 is 1.79. The first-order chi connectivity index (χ1) is 5.79. The first-order valence-electron chi connectivity index (χ1n) is 4.04. The van der Waals surface area contributed by atoms with E-state index >= 15 is 0 Å². The van der Waals surface area contributed by atoms with Gasteiger partial charge in [0.1, 0.15) is 0 Å². The zero-order valence-corrected chi connectivity index (χ0v) is 7.78. The Labute approximate surface area is 76.2 Å². The van der Waals surface area contributed by atoms with Crippen LogP contribution in [0.2, 0.25) is 0 Å². The summed E-state index contributed by atoms with van der Waals surface area (Å²) in [4.78, 5) is 12.7. The number of carbonyl (C=O) groups is 1. The summed E-state index contributed by atoms with van der Waals surface area (Å²) in [5, 5.41) is 0. The van der Waals surface area contributed by atoms with Crippen molar-refractivity contribution in [3.8, 4) is 0 Å². The number of ketones is 1. The Morgan fingerprint density at radius 3 is 3.00 bits per heavy atom. The number of aryl methyl sites for hydroxylation is 1. The lowest BCUT2D eigenvalue weighted by Gasteiger charge is -2.15. The van der Waals surface area contributed by atoms with Crippen molar-refractivity contribution in [2.45, 2.75) is 18.2 Å². The lowest BCUT2D eigenvalue weighted by Crippen LogP contribution is -2.09. The second kappa shape index (κ2) is 2.94. The van der Waals surface area contributed by atoms with Crippen LogP contribution in [0.15, 0.2) is 23.1 Å². The van der Waals surface area contributed by atoms with Gasteiger partial charge in [0.25, 0.3) is 0 Å². The average Bonchev–Trinajstić information content (AvgIpc) is 2.04. The highest BCUT2D eigenvalue weighted by atomic mass is 32.2. The maximum atomic E-state index is 11.5. The molecule has 1 heterocycles. The van der Waals surface area contributed by atoms with E-state index in [1.165, 1.54) is 0 Å². The van der Waals surface area contributed by atoms with E-state index < -0.39 is 0 Å². The van der Waals surface area contributed by atoms with Crippen LogP contribution in [-0.2, 0) is 0 Å². The molecule has 12 heavy (non-hydrogen) atoms. The molecule has 0 saturated heterocycles. The largest absolute Gasteiger partial charge is 0.294 e. The Kier molecular flexibility index (Phi) is 1.93. The third kappa shape index (κ3) is 1.16. The summed E-state index contributed by atoms with van der Waals surface area (Å²) in [5.41, 5.74) is 2.07. The Balaban J connectivity index is 2.60. The lowest BCUT2D eigenvalue weighted by molar-refractivity contribution is 0.0984. The number of fused-ring (bicyclic) bond motifs is 1. The smallest absolute Gasteiger partial charge is 0.165 e. The third-order valence-electron chi connectivity index (χ3n) is 2.10. The van der Waals surface area contributed by atoms with Gasteiger partial charge in [0.15, 0.2) is 5.78 Å². The average molecular weight is 178 g/mol. The minimum Gasteiger partial charge on any atom is -0.294 e.